The third kappa shape index (κ3) is 16.2. The number of nitrogens with one attached hydrogen (secondary N) is 3. The molecule has 6 aromatic rings. The van der Waals surface area contributed by atoms with Gasteiger partial charge in [0.2, 0.25) is 11.5 Å². The van der Waals surface area contributed by atoms with Gasteiger partial charge in [-0.05, 0) is 79.8 Å². The minimum atomic E-state index is -1.26. The van der Waals surface area contributed by atoms with E-state index in [1.54, 1.807) is 21.0 Å². The van der Waals surface area contributed by atoms with Crippen molar-refractivity contribution < 1.29 is 52.6 Å². The third-order valence-electron chi connectivity index (χ3n) is 10.5. The van der Waals surface area contributed by atoms with Gasteiger partial charge >= 0.3 is 17.9 Å². The Bertz CT molecular complexity index is 2590. The van der Waals surface area contributed by atoms with E-state index in [4.69, 9.17) is 29.6 Å². The maximum Gasteiger partial charge on any atom is 0.374 e. The van der Waals surface area contributed by atoms with Gasteiger partial charge in [0.05, 0.1) is 42.8 Å². The molecule has 0 saturated carbocycles. The molecule has 4 atom stereocenters. The number of aromatic carboxylic acids is 1. The highest BCUT2D eigenvalue weighted by Gasteiger charge is 2.38. The normalized spacial score (nSPS) is 13.5. The van der Waals surface area contributed by atoms with Crippen molar-refractivity contribution in [1.29, 1.82) is 0 Å². The molecule has 0 aliphatic carbocycles. The lowest BCUT2D eigenvalue weighted by Gasteiger charge is -2.29. The average Bonchev–Trinajstić information content (AvgIpc) is 3.96. The van der Waals surface area contributed by atoms with Crippen molar-refractivity contribution in [2.24, 2.45) is 16.6 Å². The van der Waals surface area contributed by atoms with Gasteiger partial charge in [0.25, 0.3) is 17.0 Å². The molecular weight excluding hydrogens is 865 g/mol. The zero-order chi connectivity index (χ0) is 49.0. The number of rotatable bonds is 20. The van der Waals surface area contributed by atoms with Gasteiger partial charge < -0.3 is 44.5 Å². The molecule has 0 radical (unpaired) electrons. The molecule has 2 heterocycles. The first kappa shape index (κ1) is 52.3. The van der Waals surface area contributed by atoms with E-state index in [9.17, 15) is 33.9 Å². The number of benzene rings is 4. The van der Waals surface area contributed by atoms with Gasteiger partial charge in [-0.15, -0.1) is 0 Å². The number of nitrogens with two attached hydrogens (primary N) is 1. The van der Waals surface area contributed by atoms with E-state index in [1.807, 2.05) is 84.9 Å². The van der Waals surface area contributed by atoms with Gasteiger partial charge in [0.15, 0.2) is 0 Å². The Balaban J connectivity index is 0.000000250. The molecule has 17 heteroatoms. The first-order valence-corrected chi connectivity index (χ1v) is 21.3. The second-order valence-corrected chi connectivity index (χ2v) is 16.3. The number of hydrogen-bond acceptors (Lipinski definition) is 12. The van der Waals surface area contributed by atoms with E-state index in [2.05, 4.69) is 51.4 Å². The Morgan fingerprint density at radius 1 is 0.657 bits per heavy atom. The van der Waals surface area contributed by atoms with Crippen LogP contribution in [0.3, 0.4) is 0 Å². The van der Waals surface area contributed by atoms with Gasteiger partial charge in [-0.3, -0.25) is 24.0 Å². The molecule has 17 nitrogen and oxygen atoms in total. The molecular formula is C50H58N4O13. The van der Waals surface area contributed by atoms with Crippen molar-refractivity contribution in [3.63, 3.8) is 0 Å². The van der Waals surface area contributed by atoms with Crippen LogP contribution in [0.4, 0.5) is 0 Å². The lowest BCUT2D eigenvalue weighted by atomic mass is 9.82. The van der Waals surface area contributed by atoms with Crippen LogP contribution in [0.25, 0.3) is 22.3 Å². The van der Waals surface area contributed by atoms with E-state index in [0.29, 0.717) is 32.5 Å². The number of aromatic nitrogens is 2. The van der Waals surface area contributed by atoms with Crippen LogP contribution in [0.1, 0.15) is 65.8 Å². The molecule has 0 fully saturated rings. The van der Waals surface area contributed by atoms with Crippen molar-refractivity contribution in [2.45, 2.75) is 58.5 Å². The number of hydrogen-bond donors (Lipinski definition) is 6. The van der Waals surface area contributed by atoms with Crippen molar-refractivity contribution >= 4 is 23.8 Å². The highest BCUT2D eigenvalue weighted by molar-refractivity contribution is 5.91. The predicted octanol–water partition coefficient (Wildman–Crippen LogP) is 6.60. The number of carbonyl (C=O) groups is 4. The lowest BCUT2D eigenvalue weighted by molar-refractivity contribution is -0.158. The Labute approximate surface area is 387 Å². The first-order chi connectivity index (χ1) is 32.0. The fourth-order valence-electron chi connectivity index (χ4n) is 7.28. The van der Waals surface area contributed by atoms with Crippen molar-refractivity contribution in [1.82, 2.24) is 15.6 Å². The Hall–Kier alpha value is -7.34. The summed E-state index contributed by atoms with van der Waals surface area (Å²) in [6, 6.07) is 37.7. The van der Waals surface area contributed by atoms with Gasteiger partial charge in [-0.2, -0.15) is 10.3 Å². The number of aliphatic carboxylic acids is 1. The summed E-state index contributed by atoms with van der Waals surface area (Å²) >= 11 is 0. The van der Waals surface area contributed by atoms with E-state index in [1.165, 1.54) is 18.2 Å². The van der Waals surface area contributed by atoms with E-state index in [-0.39, 0.29) is 36.6 Å². The quantitative estimate of drug-likeness (QED) is 0.0441. The summed E-state index contributed by atoms with van der Waals surface area (Å²) < 4.78 is 24.6. The molecule has 6 rings (SSSR count). The monoisotopic (exact) mass is 922 g/mol. The van der Waals surface area contributed by atoms with E-state index in [0.717, 1.165) is 34.4 Å². The number of esters is 1. The number of aromatic amines is 2. The van der Waals surface area contributed by atoms with Crippen LogP contribution in [0.15, 0.2) is 140 Å². The largest absolute Gasteiger partial charge is 0.481 e. The number of H-pyrrole nitrogens is 2. The summed E-state index contributed by atoms with van der Waals surface area (Å²) in [4.78, 5) is 68.2. The fourth-order valence-corrected chi connectivity index (χ4v) is 7.28. The molecule has 0 unspecified atom stereocenters. The summed E-state index contributed by atoms with van der Waals surface area (Å²) in [7, 11) is 3.02. The highest BCUT2D eigenvalue weighted by atomic mass is 16.5. The van der Waals surface area contributed by atoms with Gasteiger partial charge in [-0.25, -0.2) is 4.79 Å². The van der Waals surface area contributed by atoms with Crippen LogP contribution >= 0.6 is 0 Å². The highest BCUT2D eigenvalue weighted by Crippen LogP contribution is 2.29. The van der Waals surface area contributed by atoms with Crippen LogP contribution in [-0.2, 0) is 36.6 Å². The van der Waals surface area contributed by atoms with Crippen molar-refractivity contribution in [3.05, 3.63) is 165 Å². The van der Waals surface area contributed by atoms with Crippen LogP contribution < -0.4 is 22.2 Å². The first-order valence-electron chi connectivity index (χ1n) is 21.3. The number of amides is 1. The lowest BCUT2D eigenvalue weighted by Crippen LogP contribution is -2.44. The van der Waals surface area contributed by atoms with E-state index < -0.39 is 45.8 Å². The predicted molar refractivity (Wildman–Crippen MR) is 249 cm³/mol. The topological polar surface area (TPSA) is 266 Å². The summed E-state index contributed by atoms with van der Waals surface area (Å²) in [5.74, 6) is -3.67. The smallest absolute Gasteiger partial charge is 0.374 e. The molecule has 7 N–H and O–H groups in total. The molecule has 0 saturated heterocycles. The van der Waals surface area contributed by atoms with E-state index >= 15 is 0 Å². The summed E-state index contributed by atoms with van der Waals surface area (Å²) in [6.45, 7) is 5.88. The maximum absolute atomic E-state index is 12.6. The molecule has 0 aliphatic rings. The molecule has 0 spiro atoms. The van der Waals surface area contributed by atoms with Gasteiger partial charge in [0, 0.05) is 26.3 Å². The Kier molecular flexibility index (Phi) is 19.8. The molecule has 0 bridgehead atoms. The standard InChI is InChI=1S/C24H26N2O6.C22H29NO3.C4H3NO4/c1-24(15-31-2,23(29)30)14-19(25-22(28)20-13-21(27)26-32-20)12-16-8-10-18(11-9-16)17-6-4-3-5-7-17;1-4-26-21(24)22(2,16-25-3)15-20(23)14-17-10-12-19(13-11-17)18-8-6-5-7-9-18;6-3-1-2(4(7)8)9-5-3/h3-11,13,19H,12,14-15H2,1-2H3,(H,25,28)(H,26,27)(H,29,30);5-13,20H,4,14-16,23H2,1-3H3;1H,(H,5,6)(H,7,8)/t19-,24+;20-,22+;/m11./s1. The van der Waals surface area contributed by atoms with Gasteiger partial charge in [-0.1, -0.05) is 109 Å². The SMILES string of the molecule is CCOC(=O)[C@](C)(COC)C[C@H](N)Cc1ccc(-c2ccccc2)cc1.COC[C@](C)(C[C@@H](Cc1ccc(-c2ccccc2)cc1)NC(=O)c1cc(=O)[nH]o1)C(=O)O.O=C(O)c1cc(=O)[nH]o1. The molecule has 1 amide bonds. The fraction of sp³-hybridized carbons (Fsp3) is 0.320. The Morgan fingerprint density at radius 3 is 1.51 bits per heavy atom. The number of methoxy groups -OCH3 is 2. The van der Waals surface area contributed by atoms with Crippen LogP contribution in [0.2, 0.25) is 0 Å². The second-order valence-electron chi connectivity index (χ2n) is 16.3. The number of carboxylic acids is 2. The van der Waals surface area contributed by atoms with Crippen molar-refractivity contribution in [3.8, 4) is 22.3 Å². The molecule has 67 heavy (non-hydrogen) atoms. The molecule has 356 valence electrons. The minimum Gasteiger partial charge on any atom is -0.481 e. The summed E-state index contributed by atoms with van der Waals surface area (Å²) in [5.41, 5.74) is 9.92. The van der Waals surface area contributed by atoms with Crippen LogP contribution in [0.5, 0.6) is 0 Å². The van der Waals surface area contributed by atoms with Crippen LogP contribution in [-0.4, -0.2) is 90.5 Å². The number of carboxylic acid groups (broad SMARTS) is 2. The minimum absolute atomic E-state index is 0.0130. The molecule has 0 aliphatic heterocycles. The van der Waals surface area contributed by atoms with Crippen LogP contribution in [0, 0.1) is 10.8 Å². The third-order valence-corrected chi connectivity index (χ3v) is 10.5. The Morgan fingerprint density at radius 2 is 1.10 bits per heavy atom. The van der Waals surface area contributed by atoms with Gasteiger partial charge in [0.1, 0.15) is 0 Å². The molecule has 4 aromatic carbocycles. The zero-order valence-electron chi connectivity index (χ0n) is 38.1. The second kappa shape index (κ2) is 25.4. The maximum atomic E-state index is 12.6. The zero-order valence-corrected chi connectivity index (χ0v) is 38.1. The number of carbonyl (C=O) groups excluding carboxylic acids is 2. The summed E-state index contributed by atoms with van der Waals surface area (Å²) in [6.07, 6.45) is 1.73. The summed E-state index contributed by atoms with van der Waals surface area (Å²) in [5, 5.41) is 24.6. The molecule has 2 aromatic heterocycles. The number of ether oxygens (including phenoxy) is 3. The van der Waals surface area contributed by atoms with Crippen molar-refractivity contribution in [2.75, 3.05) is 34.0 Å². The average molecular weight is 923 g/mol.